The van der Waals surface area contributed by atoms with E-state index in [0.29, 0.717) is 0 Å². The minimum Gasteiger partial charge on any atom is -0.267 e. The van der Waals surface area contributed by atoms with Gasteiger partial charge < -0.3 is 0 Å². The van der Waals surface area contributed by atoms with Gasteiger partial charge in [-0.1, -0.05) is 64.4 Å². The minimum absolute atomic E-state index is 0.0478. The second kappa shape index (κ2) is 9.76. The van der Waals surface area contributed by atoms with E-state index in [1.807, 2.05) is 13.0 Å². The van der Waals surface area contributed by atoms with Gasteiger partial charge in [-0.2, -0.15) is 5.10 Å². The number of unbranched alkanes of at least 4 members (excludes halogenated alkanes) is 9. The molecule has 1 N–H and O–H groups in total. The van der Waals surface area contributed by atoms with Crippen molar-refractivity contribution < 1.29 is 4.79 Å². The zero-order valence-electron chi connectivity index (χ0n) is 12.5. The monoisotopic (exact) mass is 264 g/mol. The van der Waals surface area contributed by atoms with Crippen molar-refractivity contribution in [3.63, 3.8) is 0 Å². The topological polar surface area (TPSA) is 41.5 Å². The summed E-state index contributed by atoms with van der Waals surface area (Å²) in [5, 5.41) is 3.91. The van der Waals surface area contributed by atoms with Gasteiger partial charge in [0, 0.05) is 0 Å². The highest BCUT2D eigenvalue weighted by Crippen LogP contribution is 2.12. The Kier molecular flexibility index (Phi) is 8.19. The first-order valence-corrected chi connectivity index (χ1v) is 7.81. The third-order valence-corrected chi connectivity index (χ3v) is 3.62. The van der Waals surface area contributed by atoms with Crippen LogP contribution in [0.1, 0.15) is 78.1 Å². The van der Waals surface area contributed by atoms with Crippen LogP contribution in [0.15, 0.2) is 16.8 Å². The van der Waals surface area contributed by atoms with Crippen LogP contribution in [-0.4, -0.2) is 11.6 Å². The van der Waals surface area contributed by atoms with Crippen molar-refractivity contribution in [3.05, 3.63) is 11.6 Å². The number of nitrogens with zero attached hydrogens (tertiary/aromatic N) is 1. The molecule has 0 aromatic carbocycles. The molecule has 0 saturated carbocycles. The maximum Gasteiger partial charge on any atom is 0.272 e. The predicted octanol–water partition coefficient (Wildman–Crippen LogP) is 4.34. The van der Waals surface area contributed by atoms with Gasteiger partial charge in [0.1, 0.15) is 0 Å². The van der Waals surface area contributed by atoms with E-state index < -0.39 is 0 Å². The van der Waals surface area contributed by atoms with Crippen molar-refractivity contribution in [3.8, 4) is 0 Å². The first-order valence-electron chi connectivity index (χ1n) is 7.81. The van der Waals surface area contributed by atoms with Crippen molar-refractivity contribution in [1.29, 1.82) is 0 Å². The van der Waals surface area contributed by atoms with Crippen LogP contribution >= 0.6 is 0 Å². The molecule has 0 aromatic heterocycles. The molecule has 0 fully saturated rings. The number of hydrogen-bond acceptors (Lipinski definition) is 2. The largest absolute Gasteiger partial charge is 0.272 e. The van der Waals surface area contributed by atoms with Crippen LogP contribution in [0.2, 0.25) is 0 Å². The molecule has 0 radical (unpaired) electrons. The lowest BCUT2D eigenvalue weighted by Gasteiger charge is -2.01. The van der Waals surface area contributed by atoms with E-state index in [2.05, 4.69) is 17.5 Å². The van der Waals surface area contributed by atoms with E-state index >= 15 is 0 Å². The van der Waals surface area contributed by atoms with Gasteiger partial charge in [-0.3, -0.25) is 4.79 Å². The van der Waals surface area contributed by atoms with Crippen molar-refractivity contribution in [2.45, 2.75) is 78.1 Å². The van der Waals surface area contributed by atoms with E-state index in [4.69, 9.17) is 0 Å². The van der Waals surface area contributed by atoms with Crippen LogP contribution in [0.4, 0.5) is 0 Å². The smallest absolute Gasteiger partial charge is 0.267 e. The number of amides is 1. The van der Waals surface area contributed by atoms with E-state index in [-0.39, 0.29) is 5.91 Å². The van der Waals surface area contributed by atoms with Crippen LogP contribution in [0.3, 0.4) is 0 Å². The quantitative estimate of drug-likeness (QED) is 0.463. The molecule has 0 aliphatic carbocycles. The molecule has 19 heavy (non-hydrogen) atoms. The molecular weight excluding hydrogens is 236 g/mol. The fraction of sp³-hybridized carbons (Fsp3) is 0.750. The predicted molar refractivity (Wildman–Crippen MR) is 81.2 cm³/mol. The summed E-state index contributed by atoms with van der Waals surface area (Å²) < 4.78 is 0. The Balaban J connectivity index is 1.95. The summed E-state index contributed by atoms with van der Waals surface area (Å²) in [5.74, 6) is -0.0478. The highest BCUT2D eigenvalue weighted by molar-refractivity contribution is 6.23. The fourth-order valence-electron chi connectivity index (χ4n) is 2.36. The van der Waals surface area contributed by atoms with E-state index in [1.54, 1.807) is 0 Å². The first kappa shape index (κ1) is 15.9. The van der Waals surface area contributed by atoms with Gasteiger partial charge in [0.15, 0.2) is 0 Å². The molecule has 0 aromatic rings. The highest BCUT2D eigenvalue weighted by atomic mass is 16.2. The number of carbonyl (C=O) groups is 1. The van der Waals surface area contributed by atoms with Gasteiger partial charge in [-0.25, -0.2) is 5.43 Å². The number of hydrazone groups is 1. The summed E-state index contributed by atoms with van der Waals surface area (Å²) in [6.45, 7) is 4.13. The van der Waals surface area contributed by atoms with Crippen LogP contribution in [-0.2, 0) is 4.79 Å². The van der Waals surface area contributed by atoms with Crippen molar-refractivity contribution in [2.75, 3.05) is 0 Å². The fourth-order valence-corrected chi connectivity index (χ4v) is 2.36. The maximum atomic E-state index is 11.4. The van der Waals surface area contributed by atoms with E-state index in [1.165, 1.54) is 57.8 Å². The number of carbonyl (C=O) groups excluding carboxylic acids is 1. The summed E-state index contributed by atoms with van der Waals surface area (Å²) in [4.78, 5) is 11.4. The Hall–Kier alpha value is -1.12. The molecule has 0 unspecified atom stereocenters. The van der Waals surface area contributed by atoms with E-state index in [0.717, 1.165) is 17.7 Å². The summed E-state index contributed by atoms with van der Waals surface area (Å²) in [6.07, 6.45) is 15.1. The van der Waals surface area contributed by atoms with Gasteiger partial charge in [0.2, 0.25) is 0 Å². The van der Waals surface area contributed by atoms with Gasteiger partial charge in [-0.15, -0.1) is 0 Å². The second-order valence-corrected chi connectivity index (χ2v) is 5.37. The zero-order chi connectivity index (χ0) is 13.9. The summed E-state index contributed by atoms with van der Waals surface area (Å²) in [6, 6.07) is 0. The van der Waals surface area contributed by atoms with Gasteiger partial charge in [0.05, 0.1) is 11.3 Å². The SMILES string of the molecule is CCCCCCCCCCCC=C1C(=O)NN=C1C. The van der Waals surface area contributed by atoms with E-state index in [9.17, 15) is 4.79 Å². The summed E-state index contributed by atoms with van der Waals surface area (Å²) in [7, 11) is 0. The number of allylic oxidation sites excluding steroid dienone is 1. The third kappa shape index (κ3) is 6.55. The molecule has 3 nitrogen and oxygen atoms in total. The summed E-state index contributed by atoms with van der Waals surface area (Å²) >= 11 is 0. The lowest BCUT2D eigenvalue weighted by atomic mass is 10.0. The maximum absolute atomic E-state index is 11.4. The lowest BCUT2D eigenvalue weighted by molar-refractivity contribution is -0.116. The number of rotatable bonds is 10. The Bertz CT molecular complexity index is 332. The zero-order valence-corrected chi connectivity index (χ0v) is 12.5. The average molecular weight is 264 g/mol. The molecule has 3 heteroatoms. The first-order chi connectivity index (χ1) is 9.25. The molecule has 1 aliphatic heterocycles. The molecular formula is C16H28N2O. The number of hydrogen-bond donors (Lipinski definition) is 1. The highest BCUT2D eigenvalue weighted by Gasteiger charge is 2.17. The molecule has 0 saturated heterocycles. The Morgan fingerprint density at radius 2 is 1.58 bits per heavy atom. The molecule has 1 aliphatic rings. The van der Waals surface area contributed by atoms with Gasteiger partial charge in [-0.05, 0) is 19.8 Å². The van der Waals surface area contributed by atoms with Crippen LogP contribution in [0.25, 0.3) is 0 Å². The Morgan fingerprint density at radius 3 is 2.11 bits per heavy atom. The van der Waals surface area contributed by atoms with Crippen molar-refractivity contribution in [1.82, 2.24) is 5.43 Å². The van der Waals surface area contributed by atoms with Crippen molar-refractivity contribution >= 4 is 11.6 Å². The molecule has 1 amide bonds. The minimum atomic E-state index is -0.0478. The number of nitrogens with one attached hydrogen (secondary N) is 1. The van der Waals surface area contributed by atoms with Crippen LogP contribution in [0, 0.1) is 0 Å². The standard InChI is InChI=1S/C16H28N2O/c1-3-4-5-6-7-8-9-10-11-12-13-15-14(2)17-18-16(15)19/h13H,3-12H2,1-2H3,(H,18,19). The molecule has 1 rings (SSSR count). The normalized spacial score (nSPS) is 16.8. The lowest BCUT2D eigenvalue weighted by Crippen LogP contribution is -2.12. The van der Waals surface area contributed by atoms with Crippen LogP contribution < -0.4 is 5.43 Å². The molecule has 0 bridgehead atoms. The third-order valence-electron chi connectivity index (χ3n) is 3.62. The van der Waals surface area contributed by atoms with Gasteiger partial charge in [0.25, 0.3) is 5.91 Å². The average Bonchev–Trinajstić information content (AvgIpc) is 2.72. The van der Waals surface area contributed by atoms with Gasteiger partial charge >= 0.3 is 0 Å². The summed E-state index contributed by atoms with van der Waals surface area (Å²) in [5.41, 5.74) is 4.07. The molecule has 1 heterocycles. The molecule has 0 atom stereocenters. The second-order valence-electron chi connectivity index (χ2n) is 5.37. The molecule has 0 spiro atoms. The Morgan fingerprint density at radius 1 is 1.00 bits per heavy atom. The van der Waals surface area contributed by atoms with Crippen molar-refractivity contribution in [2.24, 2.45) is 5.10 Å². The van der Waals surface area contributed by atoms with Crippen LogP contribution in [0.5, 0.6) is 0 Å². The molecule has 108 valence electrons. The Labute approximate surface area is 117 Å².